The monoisotopic (exact) mass is 467 g/mol. The Morgan fingerprint density at radius 1 is 1.10 bits per heavy atom. The van der Waals surface area contributed by atoms with E-state index in [9.17, 15) is 27.9 Å². The highest BCUT2D eigenvalue weighted by atomic mass is 32.2. The molecular formula is C20H37NO9S. The van der Waals surface area contributed by atoms with Gasteiger partial charge in [-0.15, -0.1) is 0 Å². The SMILES string of the molecule is CCCCC(=O)OC(OC(=O)[C@H](O)C(C)(C)COS(=O)(=O)CCCNC(C)=O)C(C)C. The van der Waals surface area contributed by atoms with E-state index in [0.29, 0.717) is 6.42 Å². The van der Waals surface area contributed by atoms with Crippen LogP contribution in [0.3, 0.4) is 0 Å². The van der Waals surface area contributed by atoms with Crippen molar-refractivity contribution in [2.75, 3.05) is 18.9 Å². The van der Waals surface area contributed by atoms with E-state index in [2.05, 4.69) is 5.32 Å². The molecule has 1 amide bonds. The molecule has 0 rings (SSSR count). The van der Waals surface area contributed by atoms with Crippen molar-refractivity contribution in [3.8, 4) is 0 Å². The number of aliphatic hydroxyl groups is 1. The van der Waals surface area contributed by atoms with Crippen molar-refractivity contribution in [2.45, 2.75) is 79.6 Å². The van der Waals surface area contributed by atoms with Crippen LogP contribution < -0.4 is 5.32 Å². The van der Waals surface area contributed by atoms with Crippen LogP contribution in [0.15, 0.2) is 0 Å². The van der Waals surface area contributed by atoms with Crippen molar-refractivity contribution < 1.29 is 41.6 Å². The third-order valence-electron chi connectivity index (χ3n) is 4.28. The summed E-state index contributed by atoms with van der Waals surface area (Å²) in [6.45, 7) is 9.25. The molecule has 0 aliphatic heterocycles. The van der Waals surface area contributed by atoms with Gasteiger partial charge in [0.15, 0.2) is 6.10 Å². The van der Waals surface area contributed by atoms with Crippen LogP contribution in [0.5, 0.6) is 0 Å². The van der Waals surface area contributed by atoms with E-state index in [1.165, 1.54) is 20.8 Å². The molecule has 182 valence electrons. The van der Waals surface area contributed by atoms with E-state index in [4.69, 9.17) is 13.7 Å². The van der Waals surface area contributed by atoms with Crippen molar-refractivity contribution in [3.63, 3.8) is 0 Å². The van der Waals surface area contributed by atoms with E-state index >= 15 is 0 Å². The van der Waals surface area contributed by atoms with Gasteiger partial charge < -0.3 is 19.9 Å². The fourth-order valence-corrected chi connectivity index (χ4v) is 3.30. The number of carbonyl (C=O) groups excluding carboxylic acids is 3. The summed E-state index contributed by atoms with van der Waals surface area (Å²) in [5.74, 6) is -2.48. The molecule has 0 aromatic carbocycles. The van der Waals surface area contributed by atoms with Gasteiger partial charge in [-0.3, -0.25) is 13.8 Å². The molecule has 11 heteroatoms. The Kier molecular flexibility index (Phi) is 12.9. The molecule has 1 unspecified atom stereocenters. The summed E-state index contributed by atoms with van der Waals surface area (Å²) in [5.41, 5.74) is -1.30. The van der Waals surface area contributed by atoms with E-state index < -0.39 is 46.5 Å². The molecule has 0 aromatic heterocycles. The zero-order valence-electron chi connectivity index (χ0n) is 19.3. The molecule has 0 aliphatic rings. The van der Waals surface area contributed by atoms with E-state index in [0.717, 1.165) is 6.42 Å². The summed E-state index contributed by atoms with van der Waals surface area (Å²) in [5, 5.41) is 12.9. The molecule has 0 spiro atoms. The van der Waals surface area contributed by atoms with Crippen LogP contribution in [-0.2, 0) is 38.2 Å². The van der Waals surface area contributed by atoms with Gasteiger partial charge in [0.05, 0.1) is 12.4 Å². The number of carbonyl (C=O) groups is 3. The zero-order chi connectivity index (χ0) is 24.2. The number of nitrogens with one attached hydrogen (secondary N) is 1. The average molecular weight is 468 g/mol. The smallest absolute Gasteiger partial charge is 0.338 e. The fourth-order valence-electron chi connectivity index (χ4n) is 2.20. The van der Waals surface area contributed by atoms with Crippen LogP contribution in [-0.4, -0.2) is 62.7 Å². The number of rotatable bonds is 15. The third-order valence-corrected chi connectivity index (χ3v) is 5.54. The molecule has 0 fully saturated rings. The highest BCUT2D eigenvalue weighted by Crippen LogP contribution is 2.24. The first-order chi connectivity index (χ1) is 14.2. The quantitative estimate of drug-likeness (QED) is 0.158. The molecule has 2 N–H and O–H groups in total. The summed E-state index contributed by atoms with van der Waals surface area (Å²) in [4.78, 5) is 35.0. The van der Waals surface area contributed by atoms with Gasteiger partial charge in [-0.25, -0.2) is 4.79 Å². The van der Waals surface area contributed by atoms with Crippen molar-refractivity contribution >= 4 is 28.0 Å². The number of amides is 1. The summed E-state index contributed by atoms with van der Waals surface area (Å²) in [7, 11) is -3.92. The van der Waals surface area contributed by atoms with Crippen molar-refractivity contribution in [1.82, 2.24) is 5.32 Å². The number of aliphatic hydroxyl groups excluding tert-OH is 1. The molecule has 0 saturated heterocycles. The second-order valence-corrected chi connectivity index (χ2v) is 10.2. The van der Waals surface area contributed by atoms with Crippen LogP contribution in [0.4, 0.5) is 0 Å². The number of esters is 2. The molecule has 2 atom stereocenters. The summed E-state index contributed by atoms with van der Waals surface area (Å²) < 4.78 is 39.3. The van der Waals surface area contributed by atoms with Gasteiger partial charge in [-0.2, -0.15) is 8.42 Å². The minimum Gasteiger partial charge on any atom is -0.425 e. The Labute approximate surface area is 185 Å². The topological polar surface area (TPSA) is 145 Å². The van der Waals surface area contributed by atoms with Crippen molar-refractivity contribution in [2.24, 2.45) is 11.3 Å². The molecule has 0 aromatic rings. The normalized spacial score (nSPS) is 14.1. The number of unbranched alkanes of at least 4 members (excludes halogenated alkanes) is 1. The lowest BCUT2D eigenvalue weighted by Crippen LogP contribution is -2.44. The van der Waals surface area contributed by atoms with Crippen molar-refractivity contribution in [1.29, 1.82) is 0 Å². The zero-order valence-corrected chi connectivity index (χ0v) is 20.1. The lowest BCUT2D eigenvalue weighted by atomic mass is 9.87. The van der Waals surface area contributed by atoms with Crippen LogP contribution in [0.2, 0.25) is 0 Å². The second-order valence-electron chi connectivity index (χ2n) is 8.39. The molecule has 10 nitrogen and oxygen atoms in total. The summed E-state index contributed by atoms with van der Waals surface area (Å²) in [6.07, 6.45) is -1.07. The first-order valence-corrected chi connectivity index (χ1v) is 12.0. The van der Waals surface area contributed by atoms with Gasteiger partial charge in [-0.1, -0.05) is 41.0 Å². The first-order valence-electron chi connectivity index (χ1n) is 10.4. The summed E-state index contributed by atoms with van der Waals surface area (Å²) in [6, 6.07) is 0. The van der Waals surface area contributed by atoms with Crippen LogP contribution in [0.1, 0.15) is 67.2 Å². The maximum atomic E-state index is 12.4. The Morgan fingerprint density at radius 2 is 1.71 bits per heavy atom. The second kappa shape index (κ2) is 13.6. The molecular weight excluding hydrogens is 430 g/mol. The van der Waals surface area contributed by atoms with E-state index in [1.807, 2.05) is 6.92 Å². The molecule has 0 aliphatic carbocycles. The minimum absolute atomic E-state index is 0.159. The molecule has 0 heterocycles. The lowest BCUT2D eigenvalue weighted by Gasteiger charge is -2.30. The first kappa shape index (κ1) is 29.3. The van der Waals surface area contributed by atoms with Gasteiger partial charge in [0.25, 0.3) is 10.1 Å². The fraction of sp³-hybridized carbons (Fsp3) is 0.850. The minimum atomic E-state index is -3.92. The molecule has 0 bridgehead atoms. The maximum absolute atomic E-state index is 12.4. The molecule has 0 radical (unpaired) electrons. The molecule has 31 heavy (non-hydrogen) atoms. The van der Waals surface area contributed by atoms with Gasteiger partial charge in [0, 0.05) is 31.2 Å². The predicted octanol–water partition coefficient (Wildman–Crippen LogP) is 1.50. The van der Waals surface area contributed by atoms with Gasteiger partial charge >= 0.3 is 11.9 Å². The van der Waals surface area contributed by atoms with Crippen LogP contribution in [0.25, 0.3) is 0 Å². The predicted molar refractivity (Wildman–Crippen MR) is 113 cm³/mol. The van der Waals surface area contributed by atoms with Crippen molar-refractivity contribution in [3.05, 3.63) is 0 Å². The van der Waals surface area contributed by atoms with Crippen LogP contribution in [0, 0.1) is 11.3 Å². The Bertz CT molecular complexity index is 689. The van der Waals surface area contributed by atoms with Crippen LogP contribution >= 0.6 is 0 Å². The lowest BCUT2D eigenvalue weighted by molar-refractivity contribution is -0.205. The third kappa shape index (κ3) is 12.7. The van der Waals surface area contributed by atoms with Gasteiger partial charge in [-0.05, 0) is 12.8 Å². The number of hydrogen-bond donors (Lipinski definition) is 2. The average Bonchev–Trinajstić information content (AvgIpc) is 2.67. The number of hydrogen-bond acceptors (Lipinski definition) is 9. The van der Waals surface area contributed by atoms with Gasteiger partial charge in [0.2, 0.25) is 12.2 Å². The van der Waals surface area contributed by atoms with E-state index in [-0.39, 0.29) is 37.0 Å². The Hall–Kier alpha value is -1.72. The summed E-state index contributed by atoms with van der Waals surface area (Å²) >= 11 is 0. The molecule has 0 saturated carbocycles. The highest BCUT2D eigenvalue weighted by Gasteiger charge is 2.38. The largest absolute Gasteiger partial charge is 0.425 e. The standard InChI is InChI=1S/C20H37NO9S/c1-7-8-10-16(23)29-19(14(2)3)30-18(25)17(24)20(5,6)13-28-31(26,27)12-9-11-21-15(4)22/h14,17,19,24H,7-13H2,1-6H3,(H,21,22)/t17-,19?/m0/s1. The maximum Gasteiger partial charge on any atom is 0.338 e. The van der Waals surface area contributed by atoms with E-state index in [1.54, 1.807) is 13.8 Å². The number of ether oxygens (including phenoxy) is 2. The highest BCUT2D eigenvalue weighted by molar-refractivity contribution is 7.86. The van der Waals surface area contributed by atoms with Gasteiger partial charge in [0.1, 0.15) is 0 Å². The Balaban J connectivity index is 4.80. The Morgan fingerprint density at radius 3 is 2.23 bits per heavy atom.